The van der Waals surface area contributed by atoms with Crippen LogP contribution in [0.4, 0.5) is 13.2 Å². The van der Waals surface area contributed by atoms with Crippen LogP contribution in [0.3, 0.4) is 0 Å². The molecule has 0 saturated carbocycles. The molecule has 9 heteroatoms. The van der Waals surface area contributed by atoms with Crippen LogP contribution >= 0.6 is 0 Å². The zero-order valence-electron chi connectivity index (χ0n) is 14.7. The number of halogens is 3. The standard InChI is InChI=1S/C17H22F3N5O/c1-3-21-16(23-12-14-9-11-24-25(14)2)22-10-8-13-4-6-15(7-5-13)26-17(18,19)20/h4-7,9,11H,3,8,10,12H2,1-2H3,(H2,21,22,23). The molecule has 2 aromatic rings. The molecule has 0 atom stereocenters. The minimum Gasteiger partial charge on any atom is -0.406 e. The Balaban J connectivity index is 1.84. The second-order valence-electron chi connectivity index (χ2n) is 5.51. The molecular formula is C17H22F3N5O. The van der Waals surface area contributed by atoms with E-state index >= 15 is 0 Å². The van der Waals surface area contributed by atoms with Gasteiger partial charge in [-0.3, -0.25) is 4.68 Å². The third-order valence-corrected chi connectivity index (χ3v) is 3.53. The van der Waals surface area contributed by atoms with Crippen LogP contribution in [0.25, 0.3) is 0 Å². The highest BCUT2D eigenvalue weighted by Gasteiger charge is 2.30. The van der Waals surface area contributed by atoms with Crippen LogP contribution in [-0.2, 0) is 20.0 Å². The molecule has 0 unspecified atom stereocenters. The third-order valence-electron chi connectivity index (χ3n) is 3.53. The van der Waals surface area contributed by atoms with Crippen molar-refractivity contribution in [1.29, 1.82) is 0 Å². The smallest absolute Gasteiger partial charge is 0.406 e. The number of nitrogens with zero attached hydrogens (tertiary/aromatic N) is 3. The Bertz CT molecular complexity index is 710. The predicted octanol–water partition coefficient (Wildman–Crippen LogP) is 2.62. The number of aryl methyl sites for hydroxylation is 1. The Morgan fingerprint density at radius 3 is 2.50 bits per heavy atom. The van der Waals surface area contributed by atoms with Gasteiger partial charge in [-0.15, -0.1) is 13.2 Å². The van der Waals surface area contributed by atoms with Crippen LogP contribution in [0.15, 0.2) is 41.5 Å². The summed E-state index contributed by atoms with van der Waals surface area (Å²) in [6.45, 7) is 3.79. The zero-order valence-corrected chi connectivity index (χ0v) is 14.7. The minimum absolute atomic E-state index is 0.222. The van der Waals surface area contributed by atoms with Crippen molar-refractivity contribution in [3.8, 4) is 5.75 Å². The molecular weight excluding hydrogens is 347 g/mol. The number of alkyl halides is 3. The molecule has 0 fully saturated rings. The number of nitrogens with one attached hydrogen (secondary N) is 2. The zero-order chi connectivity index (χ0) is 19.0. The van der Waals surface area contributed by atoms with Gasteiger partial charge in [-0.05, 0) is 37.1 Å². The van der Waals surface area contributed by atoms with Crippen molar-refractivity contribution in [3.05, 3.63) is 47.8 Å². The van der Waals surface area contributed by atoms with Crippen molar-refractivity contribution in [3.63, 3.8) is 0 Å². The van der Waals surface area contributed by atoms with E-state index in [-0.39, 0.29) is 5.75 Å². The van der Waals surface area contributed by atoms with E-state index in [2.05, 4.69) is 25.5 Å². The highest BCUT2D eigenvalue weighted by atomic mass is 19.4. The van der Waals surface area contributed by atoms with Crippen LogP contribution in [0.1, 0.15) is 18.2 Å². The van der Waals surface area contributed by atoms with E-state index in [9.17, 15) is 13.2 Å². The third kappa shape index (κ3) is 6.66. The van der Waals surface area contributed by atoms with Gasteiger partial charge < -0.3 is 15.4 Å². The number of aromatic nitrogens is 2. The Kier molecular flexibility index (Phi) is 6.88. The molecule has 1 aromatic heterocycles. The van der Waals surface area contributed by atoms with Gasteiger partial charge in [0.1, 0.15) is 5.75 Å². The van der Waals surface area contributed by atoms with Crippen LogP contribution in [0, 0.1) is 0 Å². The summed E-state index contributed by atoms with van der Waals surface area (Å²) in [5, 5.41) is 10.4. The van der Waals surface area contributed by atoms with Crippen LogP contribution in [0.5, 0.6) is 5.75 Å². The second-order valence-corrected chi connectivity index (χ2v) is 5.51. The maximum absolute atomic E-state index is 12.1. The van der Waals surface area contributed by atoms with Crippen LogP contribution in [-0.4, -0.2) is 35.2 Å². The molecule has 0 aliphatic heterocycles. The normalized spacial score (nSPS) is 12.1. The summed E-state index contributed by atoms with van der Waals surface area (Å²) in [7, 11) is 1.86. The lowest BCUT2D eigenvalue weighted by Gasteiger charge is -2.12. The van der Waals surface area contributed by atoms with E-state index in [0.29, 0.717) is 25.5 Å². The largest absolute Gasteiger partial charge is 0.573 e. The van der Waals surface area contributed by atoms with E-state index in [1.165, 1.54) is 12.1 Å². The van der Waals surface area contributed by atoms with E-state index in [1.54, 1.807) is 23.0 Å². The van der Waals surface area contributed by atoms with Gasteiger partial charge in [0.05, 0.1) is 12.2 Å². The number of hydrogen-bond acceptors (Lipinski definition) is 3. The molecule has 142 valence electrons. The summed E-state index contributed by atoms with van der Waals surface area (Å²) in [5.41, 5.74) is 1.89. The average molecular weight is 369 g/mol. The van der Waals surface area contributed by atoms with E-state index in [0.717, 1.165) is 17.8 Å². The highest BCUT2D eigenvalue weighted by molar-refractivity contribution is 5.79. The van der Waals surface area contributed by atoms with E-state index in [1.807, 2.05) is 20.0 Å². The lowest BCUT2D eigenvalue weighted by Crippen LogP contribution is -2.38. The Morgan fingerprint density at radius 1 is 1.19 bits per heavy atom. The van der Waals surface area contributed by atoms with Gasteiger partial charge in [0.25, 0.3) is 0 Å². The van der Waals surface area contributed by atoms with Gasteiger partial charge in [0.2, 0.25) is 0 Å². The number of benzene rings is 1. The summed E-state index contributed by atoms with van der Waals surface area (Å²) < 4.78 is 42.1. The van der Waals surface area contributed by atoms with Crippen molar-refractivity contribution >= 4 is 5.96 Å². The molecule has 6 nitrogen and oxygen atoms in total. The van der Waals surface area contributed by atoms with Gasteiger partial charge in [0.15, 0.2) is 5.96 Å². The summed E-state index contributed by atoms with van der Waals surface area (Å²) in [4.78, 5) is 4.49. The van der Waals surface area contributed by atoms with Crippen molar-refractivity contribution in [2.24, 2.45) is 12.0 Å². The summed E-state index contributed by atoms with van der Waals surface area (Å²) in [5.74, 6) is 0.450. The molecule has 1 heterocycles. The minimum atomic E-state index is -4.67. The molecule has 0 aliphatic rings. The van der Waals surface area contributed by atoms with Crippen molar-refractivity contribution in [1.82, 2.24) is 20.4 Å². The summed E-state index contributed by atoms with van der Waals surface area (Å²) in [6, 6.07) is 7.75. The number of ether oxygens (including phenoxy) is 1. The average Bonchev–Trinajstić information content (AvgIpc) is 2.98. The Labute approximate surface area is 150 Å². The van der Waals surface area contributed by atoms with Crippen molar-refractivity contribution in [2.45, 2.75) is 26.3 Å². The summed E-state index contributed by atoms with van der Waals surface area (Å²) >= 11 is 0. The molecule has 0 radical (unpaired) electrons. The molecule has 0 spiro atoms. The number of guanidine groups is 1. The van der Waals surface area contributed by atoms with Crippen molar-refractivity contribution < 1.29 is 17.9 Å². The second kappa shape index (κ2) is 9.12. The molecule has 0 saturated heterocycles. The van der Waals surface area contributed by atoms with Gasteiger partial charge in [-0.2, -0.15) is 5.10 Å². The fourth-order valence-corrected chi connectivity index (χ4v) is 2.24. The van der Waals surface area contributed by atoms with Crippen LogP contribution in [0.2, 0.25) is 0 Å². The van der Waals surface area contributed by atoms with Crippen molar-refractivity contribution in [2.75, 3.05) is 13.1 Å². The molecule has 26 heavy (non-hydrogen) atoms. The first-order valence-corrected chi connectivity index (χ1v) is 8.21. The lowest BCUT2D eigenvalue weighted by atomic mass is 10.1. The Morgan fingerprint density at radius 2 is 1.92 bits per heavy atom. The molecule has 2 rings (SSSR count). The quantitative estimate of drug-likeness (QED) is 0.582. The molecule has 1 aromatic carbocycles. The Hall–Kier alpha value is -2.71. The predicted molar refractivity (Wildman–Crippen MR) is 92.9 cm³/mol. The number of hydrogen-bond donors (Lipinski definition) is 2. The fraction of sp³-hybridized carbons (Fsp3) is 0.412. The van der Waals surface area contributed by atoms with Gasteiger partial charge in [-0.1, -0.05) is 12.1 Å². The first-order chi connectivity index (χ1) is 12.4. The molecule has 2 N–H and O–H groups in total. The highest BCUT2D eigenvalue weighted by Crippen LogP contribution is 2.22. The number of rotatable bonds is 7. The SMILES string of the molecule is CCNC(=NCc1ccnn1C)NCCc1ccc(OC(F)(F)F)cc1. The van der Waals surface area contributed by atoms with Gasteiger partial charge in [0, 0.05) is 26.3 Å². The first-order valence-electron chi connectivity index (χ1n) is 8.21. The molecule has 0 aliphatic carbocycles. The molecule has 0 amide bonds. The summed E-state index contributed by atoms with van der Waals surface area (Å²) in [6.07, 6.45) is -2.31. The van der Waals surface area contributed by atoms with Gasteiger partial charge >= 0.3 is 6.36 Å². The molecule has 0 bridgehead atoms. The van der Waals surface area contributed by atoms with Crippen LogP contribution < -0.4 is 15.4 Å². The fourth-order valence-electron chi connectivity index (χ4n) is 2.24. The van der Waals surface area contributed by atoms with E-state index in [4.69, 9.17) is 0 Å². The lowest BCUT2D eigenvalue weighted by molar-refractivity contribution is -0.274. The monoisotopic (exact) mass is 369 g/mol. The maximum Gasteiger partial charge on any atom is 0.573 e. The van der Waals surface area contributed by atoms with E-state index < -0.39 is 6.36 Å². The first kappa shape index (κ1) is 19.6. The topological polar surface area (TPSA) is 63.5 Å². The number of aliphatic imine (C=N–C) groups is 1. The maximum atomic E-state index is 12.1. The van der Waals surface area contributed by atoms with Gasteiger partial charge in [-0.25, -0.2) is 4.99 Å².